The molecule has 108 valence electrons. The molecule has 1 fully saturated rings. The third-order valence-electron chi connectivity index (χ3n) is 4.17. The van der Waals surface area contributed by atoms with Crippen LogP contribution in [-0.2, 0) is 17.8 Å². The monoisotopic (exact) mass is 274 g/mol. The summed E-state index contributed by atoms with van der Waals surface area (Å²) in [6.45, 7) is 4.57. The van der Waals surface area contributed by atoms with Crippen LogP contribution in [0, 0.1) is 0 Å². The molecule has 1 amide bonds. The van der Waals surface area contributed by atoms with E-state index in [0.29, 0.717) is 0 Å². The molecule has 1 saturated heterocycles. The molecule has 1 unspecified atom stereocenters. The number of hydrazine groups is 1. The van der Waals surface area contributed by atoms with Crippen molar-refractivity contribution in [3.05, 3.63) is 35.4 Å². The molecule has 5 heteroatoms. The maximum atomic E-state index is 12.3. The summed E-state index contributed by atoms with van der Waals surface area (Å²) in [5, 5.41) is 5.36. The van der Waals surface area contributed by atoms with Gasteiger partial charge in [0.2, 0.25) is 0 Å². The minimum absolute atomic E-state index is 0.0871. The molecule has 0 aromatic heterocycles. The van der Waals surface area contributed by atoms with Crippen LogP contribution < -0.4 is 10.7 Å². The van der Waals surface area contributed by atoms with Crippen LogP contribution in [0.1, 0.15) is 11.1 Å². The summed E-state index contributed by atoms with van der Waals surface area (Å²) < 4.78 is 0. The number of likely N-dealkylation sites (N-methyl/N-ethyl adjacent to an activating group) is 1. The second-order valence-electron chi connectivity index (χ2n) is 5.67. The lowest BCUT2D eigenvalue weighted by Crippen LogP contribution is -2.57. The van der Waals surface area contributed by atoms with Gasteiger partial charge < -0.3 is 10.2 Å². The first kappa shape index (κ1) is 13.5. The summed E-state index contributed by atoms with van der Waals surface area (Å²) in [6, 6.07) is 8.21. The second-order valence-corrected chi connectivity index (χ2v) is 5.67. The van der Waals surface area contributed by atoms with E-state index in [-0.39, 0.29) is 11.9 Å². The third-order valence-corrected chi connectivity index (χ3v) is 4.17. The van der Waals surface area contributed by atoms with E-state index in [2.05, 4.69) is 34.8 Å². The molecular weight excluding hydrogens is 252 g/mol. The zero-order valence-corrected chi connectivity index (χ0v) is 11.9. The van der Waals surface area contributed by atoms with Crippen LogP contribution in [0.4, 0.5) is 0 Å². The molecule has 20 heavy (non-hydrogen) atoms. The van der Waals surface area contributed by atoms with Crippen LogP contribution in [-0.4, -0.2) is 55.1 Å². The van der Waals surface area contributed by atoms with Gasteiger partial charge >= 0.3 is 0 Å². The van der Waals surface area contributed by atoms with Crippen LogP contribution in [0.5, 0.6) is 0 Å². The van der Waals surface area contributed by atoms with E-state index < -0.39 is 0 Å². The lowest BCUT2D eigenvalue weighted by molar-refractivity contribution is -0.129. The number of amides is 1. The number of benzene rings is 1. The normalized spacial score (nSPS) is 24.1. The van der Waals surface area contributed by atoms with Crippen molar-refractivity contribution in [2.24, 2.45) is 0 Å². The van der Waals surface area contributed by atoms with E-state index in [4.69, 9.17) is 0 Å². The summed E-state index contributed by atoms with van der Waals surface area (Å²) in [7, 11) is 2.11. The highest BCUT2D eigenvalue weighted by molar-refractivity contribution is 5.82. The van der Waals surface area contributed by atoms with Gasteiger partial charge in [-0.1, -0.05) is 24.3 Å². The Bertz CT molecular complexity index is 483. The molecule has 3 rings (SSSR count). The zero-order chi connectivity index (χ0) is 13.9. The number of carbonyl (C=O) groups excluding carboxylic acids is 1. The fraction of sp³-hybridized carbons (Fsp3) is 0.533. The third kappa shape index (κ3) is 3.00. The van der Waals surface area contributed by atoms with Crippen LogP contribution in [0.25, 0.3) is 0 Å². The Kier molecular flexibility index (Phi) is 4.00. The molecular formula is C15H22N4O. The highest BCUT2D eigenvalue weighted by Crippen LogP contribution is 2.16. The minimum Gasteiger partial charge on any atom is -0.304 e. The molecule has 1 atom stereocenters. The number of fused-ring (bicyclic) bond motifs is 1. The standard InChI is InChI=1S/C15H22N4O/c1-18-6-8-19(9-7-18)17-15(20)14-10-12-4-2-3-5-13(12)11-16-14/h2-5,14,16H,6-11H2,1H3,(H,17,20). The van der Waals surface area contributed by atoms with Crippen LogP contribution in [0.15, 0.2) is 24.3 Å². The van der Waals surface area contributed by atoms with Crippen molar-refractivity contribution in [2.75, 3.05) is 33.2 Å². The summed E-state index contributed by atoms with van der Waals surface area (Å²) in [4.78, 5) is 14.6. The number of hydrogen-bond acceptors (Lipinski definition) is 4. The first-order chi connectivity index (χ1) is 9.72. The molecule has 2 heterocycles. The van der Waals surface area contributed by atoms with E-state index in [1.165, 1.54) is 11.1 Å². The van der Waals surface area contributed by atoms with Gasteiger partial charge in [-0.25, -0.2) is 5.01 Å². The van der Waals surface area contributed by atoms with Crippen molar-refractivity contribution in [1.29, 1.82) is 0 Å². The van der Waals surface area contributed by atoms with E-state index in [9.17, 15) is 4.79 Å². The number of rotatable bonds is 2. The quantitative estimate of drug-likeness (QED) is 0.796. The summed E-state index contributed by atoms with van der Waals surface area (Å²) in [5.74, 6) is 0.0871. The van der Waals surface area contributed by atoms with E-state index in [0.717, 1.165) is 39.1 Å². The Labute approximate surface area is 119 Å². The Morgan fingerprint density at radius 2 is 1.90 bits per heavy atom. The Balaban J connectivity index is 1.56. The maximum Gasteiger partial charge on any atom is 0.251 e. The molecule has 0 bridgehead atoms. The fourth-order valence-electron chi connectivity index (χ4n) is 2.79. The molecule has 1 aromatic carbocycles. The van der Waals surface area contributed by atoms with Crippen LogP contribution >= 0.6 is 0 Å². The first-order valence-corrected chi connectivity index (χ1v) is 7.26. The minimum atomic E-state index is -0.121. The van der Waals surface area contributed by atoms with Gasteiger partial charge in [-0.3, -0.25) is 10.2 Å². The smallest absolute Gasteiger partial charge is 0.251 e. The number of nitrogens with one attached hydrogen (secondary N) is 2. The number of carbonyl (C=O) groups is 1. The number of piperazine rings is 1. The van der Waals surface area contributed by atoms with Gasteiger partial charge in [-0.05, 0) is 24.6 Å². The molecule has 2 N–H and O–H groups in total. The van der Waals surface area contributed by atoms with Gasteiger partial charge in [0, 0.05) is 32.7 Å². The van der Waals surface area contributed by atoms with E-state index >= 15 is 0 Å². The Hall–Kier alpha value is -1.43. The van der Waals surface area contributed by atoms with Gasteiger partial charge in [0.15, 0.2) is 0 Å². The van der Waals surface area contributed by atoms with Gasteiger partial charge in [0.25, 0.3) is 5.91 Å². The molecule has 5 nitrogen and oxygen atoms in total. The predicted octanol–water partition coefficient (Wildman–Crippen LogP) is -0.0205. The summed E-state index contributed by atoms with van der Waals surface area (Å²) in [6.07, 6.45) is 0.774. The molecule has 2 aliphatic heterocycles. The SMILES string of the molecule is CN1CCN(NC(=O)C2Cc3ccccc3CN2)CC1. The van der Waals surface area contributed by atoms with Gasteiger partial charge in [-0.2, -0.15) is 0 Å². The van der Waals surface area contributed by atoms with Crippen molar-refractivity contribution < 1.29 is 4.79 Å². The highest BCUT2D eigenvalue weighted by atomic mass is 16.2. The van der Waals surface area contributed by atoms with Crippen LogP contribution in [0.2, 0.25) is 0 Å². The van der Waals surface area contributed by atoms with Gasteiger partial charge in [0.1, 0.15) is 0 Å². The second kappa shape index (κ2) is 5.91. The van der Waals surface area contributed by atoms with Crippen molar-refractivity contribution in [3.63, 3.8) is 0 Å². The molecule has 0 saturated carbocycles. The van der Waals surface area contributed by atoms with Gasteiger partial charge in [0.05, 0.1) is 6.04 Å². The summed E-state index contributed by atoms with van der Waals surface area (Å²) >= 11 is 0. The summed E-state index contributed by atoms with van der Waals surface area (Å²) in [5.41, 5.74) is 5.63. The van der Waals surface area contributed by atoms with Crippen molar-refractivity contribution >= 4 is 5.91 Å². The van der Waals surface area contributed by atoms with Crippen molar-refractivity contribution in [3.8, 4) is 0 Å². The highest BCUT2D eigenvalue weighted by Gasteiger charge is 2.25. The lowest BCUT2D eigenvalue weighted by Gasteiger charge is -2.34. The van der Waals surface area contributed by atoms with Gasteiger partial charge in [-0.15, -0.1) is 0 Å². The predicted molar refractivity (Wildman–Crippen MR) is 78.0 cm³/mol. The lowest BCUT2D eigenvalue weighted by atomic mass is 9.95. The maximum absolute atomic E-state index is 12.3. The Morgan fingerprint density at radius 3 is 2.65 bits per heavy atom. The molecule has 0 aliphatic carbocycles. The molecule has 1 aromatic rings. The van der Waals surface area contributed by atoms with E-state index in [1.54, 1.807) is 0 Å². The number of hydrogen-bond donors (Lipinski definition) is 2. The number of nitrogens with zero attached hydrogens (tertiary/aromatic N) is 2. The van der Waals surface area contributed by atoms with E-state index in [1.807, 2.05) is 17.1 Å². The Morgan fingerprint density at radius 1 is 1.20 bits per heavy atom. The molecule has 0 radical (unpaired) electrons. The largest absolute Gasteiger partial charge is 0.304 e. The molecule has 2 aliphatic rings. The zero-order valence-electron chi connectivity index (χ0n) is 11.9. The van der Waals surface area contributed by atoms with Crippen molar-refractivity contribution in [2.45, 2.75) is 19.0 Å². The average Bonchev–Trinajstić information content (AvgIpc) is 2.49. The fourth-order valence-corrected chi connectivity index (χ4v) is 2.79. The topological polar surface area (TPSA) is 47.6 Å². The molecule has 0 spiro atoms. The first-order valence-electron chi connectivity index (χ1n) is 7.26. The average molecular weight is 274 g/mol. The van der Waals surface area contributed by atoms with Crippen LogP contribution in [0.3, 0.4) is 0 Å². The van der Waals surface area contributed by atoms with Crippen molar-refractivity contribution in [1.82, 2.24) is 20.7 Å².